The van der Waals surface area contributed by atoms with Gasteiger partial charge in [0.15, 0.2) is 9.84 Å². The molecule has 0 aliphatic heterocycles. The molecule has 21 heavy (non-hydrogen) atoms. The van der Waals surface area contributed by atoms with Gasteiger partial charge in [-0.3, -0.25) is 0 Å². The van der Waals surface area contributed by atoms with Crippen LogP contribution in [0.2, 0.25) is 5.02 Å². The predicted octanol–water partition coefficient (Wildman–Crippen LogP) is 2.40. The van der Waals surface area contributed by atoms with Crippen molar-refractivity contribution in [3.05, 3.63) is 46.3 Å². The van der Waals surface area contributed by atoms with Crippen LogP contribution in [0.15, 0.2) is 33.7 Å². The number of halogens is 1. The predicted molar refractivity (Wildman–Crippen MR) is 74.9 cm³/mol. The Kier molecular flexibility index (Phi) is 4.34. The SMILES string of the molecule is Cc1cc(COC(=O)c2cc(S(C)(=O)=O)ccc2Cl)no1. The Hall–Kier alpha value is -1.86. The number of benzene rings is 1. The molecule has 0 spiro atoms. The summed E-state index contributed by atoms with van der Waals surface area (Å²) in [7, 11) is -3.43. The van der Waals surface area contributed by atoms with Gasteiger partial charge in [0.2, 0.25) is 0 Å². The van der Waals surface area contributed by atoms with Crippen molar-refractivity contribution in [2.75, 3.05) is 6.26 Å². The van der Waals surface area contributed by atoms with Crippen LogP contribution in [-0.2, 0) is 21.2 Å². The van der Waals surface area contributed by atoms with Gasteiger partial charge in [-0.1, -0.05) is 16.8 Å². The highest BCUT2D eigenvalue weighted by molar-refractivity contribution is 7.90. The number of ether oxygens (including phenoxy) is 1. The maximum atomic E-state index is 12.0. The summed E-state index contributed by atoms with van der Waals surface area (Å²) in [6.07, 6.45) is 1.05. The molecule has 6 nitrogen and oxygen atoms in total. The molecule has 0 aliphatic carbocycles. The van der Waals surface area contributed by atoms with Crippen LogP contribution in [0.1, 0.15) is 21.8 Å². The number of carbonyl (C=O) groups is 1. The van der Waals surface area contributed by atoms with Gasteiger partial charge >= 0.3 is 5.97 Å². The van der Waals surface area contributed by atoms with Crippen LogP contribution in [-0.4, -0.2) is 25.8 Å². The number of hydrogen-bond donors (Lipinski definition) is 0. The van der Waals surface area contributed by atoms with E-state index in [4.69, 9.17) is 20.9 Å². The lowest BCUT2D eigenvalue weighted by molar-refractivity contribution is 0.0464. The highest BCUT2D eigenvalue weighted by Gasteiger charge is 2.17. The van der Waals surface area contributed by atoms with E-state index in [1.54, 1.807) is 13.0 Å². The second kappa shape index (κ2) is 5.87. The molecule has 2 aromatic rings. The molecule has 0 radical (unpaired) electrons. The van der Waals surface area contributed by atoms with E-state index in [2.05, 4.69) is 5.16 Å². The standard InChI is InChI=1S/C13H12ClNO5S/c1-8-5-9(15-20-8)7-19-13(16)11-6-10(21(2,17)18)3-4-12(11)14/h3-6H,7H2,1-2H3. The second-order valence-corrected chi connectivity index (χ2v) is 6.84. The van der Waals surface area contributed by atoms with Crippen LogP contribution < -0.4 is 0 Å². The van der Waals surface area contributed by atoms with E-state index in [1.165, 1.54) is 18.2 Å². The first-order chi connectivity index (χ1) is 9.77. The lowest BCUT2D eigenvalue weighted by atomic mass is 10.2. The molecule has 0 N–H and O–H groups in total. The second-order valence-electron chi connectivity index (χ2n) is 4.42. The lowest BCUT2D eigenvalue weighted by Gasteiger charge is -2.06. The fraction of sp³-hybridized carbons (Fsp3) is 0.231. The van der Waals surface area contributed by atoms with E-state index in [9.17, 15) is 13.2 Å². The Morgan fingerprint density at radius 1 is 1.38 bits per heavy atom. The largest absolute Gasteiger partial charge is 0.455 e. The first-order valence-electron chi connectivity index (χ1n) is 5.86. The molecule has 0 fully saturated rings. The average molecular weight is 330 g/mol. The number of aryl methyl sites for hydroxylation is 1. The van der Waals surface area contributed by atoms with Crippen molar-refractivity contribution in [1.82, 2.24) is 5.16 Å². The number of carbonyl (C=O) groups excluding carboxylic acids is 1. The maximum Gasteiger partial charge on any atom is 0.340 e. The van der Waals surface area contributed by atoms with Gasteiger partial charge in [-0.2, -0.15) is 0 Å². The Labute approximate surface area is 126 Å². The first kappa shape index (κ1) is 15.5. The zero-order valence-electron chi connectivity index (χ0n) is 11.3. The van der Waals surface area contributed by atoms with Gasteiger partial charge < -0.3 is 9.26 Å². The van der Waals surface area contributed by atoms with Crippen molar-refractivity contribution in [3.63, 3.8) is 0 Å². The Morgan fingerprint density at radius 2 is 2.10 bits per heavy atom. The molecule has 0 unspecified atom stereocenters. The van der Waals surface area contributed by atoms with Crippen LogP contribution in [0, 0.1) is 6.92 Å². The fourth-order valence-electron chi connectivity index (χ4n) is 1.59. The summed E-state index contributed by atoms with van der Waals surface area (Å²) in [6.45, 7) is 1.63. The molecule has 0 saturated heterocycles. The summed E-state index contributed by atoms with van der Waals surface area (Å²) >= 11 is 5.90. The highest BCUT2D eigenvalue weighted by atomic mass is 35.5. The molecular formula is C13H12ClNO5S. The molecule has 0 aliphatic rings. The molecule has 0 bridgehead atoms. The minimum atomic E-state index is -3.43. The first-order valence-corrected chi connectivity index (χ1v) is 8.13. The van der Waals surface area contributed by atoms with Gasteiger partial charge in [0.1, 0.15) is 18.1 Å². The highest BCUT2D eigenvalue weighted by Crippen LogP contribution is 2.21. The summed E-state index contributed by atoms with van der Waals surface area (Å²) in [5, 5.41) is 3.79. The van der Waals surface area contributed by atoms with Gasteiger partial charge in [-0.05, 0) is 25.1 Å². The number of aromatic nitrogens is 1. The molecule has 1 aromatic carbocycles. The van der Waals surface area contributed by atoms with Crippen molar-refractivity contribution >= 4 is 27.4 Å². The third-order valence-corrected chi connectivity index (χ3v) is 4.05. The van der Waals surface area contributed by atoms with Crippen molar-refractivity contribution in [2.24, 2.45) is 0 Å². The van der Waals surface area contributed by atoms with Crippen LogP contribution in [0.4, 0.5) is 0 Å². The minimum Gasteiger partial charge on any atom is -0.455 e. The van der Waals surface area contributed by atoms with Gasteiger partial charge in [0, 0.05) is 12.3 Å². The molecule has 1 aromatic heterocycles. The van der Waals surface area contributed by atoms with Crippen molar-refractivity contribution in [1.29, 1.82) is 0 Å². The number of nitrogens with zero attached hydrogens (tertiary/aromatic N) is 1. The summed E-state index contributed by atoms with van der Waals surface area (Å²) < 4.78 is 32.8. The smallest absolute Gasteiger partial charge is 0.340 e. The molecular weight excluding hydrogens is 318 g/mol. The van der Waals surface area contributed by atoms with Crippen LogP contribution in [0.5, 0.6) is 0 Å². The summed E-state index contributed by atoms with van der Waals surface area (Å²) in [4.78, 5) is 12.0. The number of rotatable bonds is 4. The van der Waals surface area contributed by atoms with Gasteiger partial charge in [-0.15, -0.1) is 0 Å². The monoisotopic (exact) mass is 329 g/mol. The van der Waals surface area contributed by atoms with Gasteiger partial charge in [0.05, 0.1) is 15.5 Å². The zero-order chi connectivity index (χ0) is 15.6. The van der Waals surface area contributed by atoms with E-state index in [-0.39, 0.29) is 22.1 Å². The number of sulfone groups is 1. The van der Waals surface area contributed by atoms with E-state index < -0.39 is 15.8 Å². The number of esters is 1. The van der Waals surface area contributed by atoms with Crippen LogP contribution in [0.3, 0.4) is 0 Å². The Morgan fingerprint density at radius 3 is 2.67 bits per heavy atom. The molecule has 112 valence electrons. The fourth-order valence-corrected chi connectivity index (χ4v) is 2.44. The van der Waals surface area contributed by atoms with Crippen molar-refractivity contribution in [3.8, 4) is 0 Å². The average Bonchev–Trinajstić information content (AvgIpc) is 2.81. The third kappa shape index (κ3) is 3.83. The lowest BCUT2D eigenvalue weighted by Crippen LogP contribution is -2.08. The summed E-state index contributed by atoms with van der Waals surface area (Å²) in [6, 6.07) is 5.49. The van der Waals surface area contributed by atoms with Gasteiger partial charge in [-0.25, -0.2) is 13.2 Å². The quantitative estimate of drug-likeness (QED) is 0.800. The van der Waals surface area contributed by atoms with E-state index in [1.807, 2.05) is 0 Å². The van der Waals surface area contributed by atoms with E-state index in [0.29, 0.717) is 11.5 Å². The molecule has 8 heteroatoms. The molecule has 0 atom stereocenters. The van der Waals surface area contributed by atoms with E-state index >= 15 is 0 Å². The molecule has 0 saturated carbocycles. The zero-order valence-corrected chi connectivity index (χ0v) is 12.9. The molecule has 2 rings (SSSR count). The van der Waals surface area contributed by atoms with Crippen molar-refractivity contribution < 1.29 is 22.5 Å². The summed E-state index contributed by atoms with van der Waals surface area (Å²) in [5.74, 6) is -0.135. The normalized spacial score (nSPS) is 11.4. The van der Waals surface area contributed by atoms with Gasteiger partial charge in [0.25, 0.3) is 0 Å². The summed E-state index contributed by atoms with van der Waals surface area (Å²) in [5.41, 5.74) is 0.441. The third-order valence-electron chi connectivity index (χ3n) is 2.61. The van der Waals surface area contributed by atoms with Crippen molar-refractivity contribution in [2.45, 2.75) is 18.4 Å². The molecule has 1 heterocycles. The van der Waals surface area contributed by atoms with Crippen LogP contribution >= 0.6 is 11.6 Å². The Balaban J connectivity index is 2.18. The maximum absolute atomic E-state index is 12.0. The van der Waals surface area contributed by atoms with Crippen LogP contribution in [0.25, 0.3) is 0 Å². The Bertz CT molecular complexity index is 782. The van der Waals surface area contributed by atoms with E-state index in [0.717, 1.165) is 6.26 Å². The minimum absolute atomic E-state index is 0.00358. The topological polar surface area (TPSA) is 86.5 Å². The molecule has 0 amide bonds. The number of hydrogen-bond acceptors (Lipinski definition) is 6.